The molecule has 1 unspecified atom stereocenters. The van der Waals surface area contributed by atoms with Crippen molar-refractivity contribution >= 4 is 11.6 Å². The molecule has 1 aromatic heterocycles. The van der Waals surface area contributed by atoms with Crippen molar-refractivity contribution in [2.75, 3.05) is 5.32 Å². The molecule has 20 heavy (non-hydrogen) atoms. The van der Waals surface area contributed by atoms with Crippen molar-refractivity contribution in [2.45, 2.75) is 19.9 Å². The van der Waals surface area contributed by atoms with Crippen LogP contribution in [0.2, 0.25) is 0 Å². The highest BCUT2D eigenvalue weighted by Crippen LogP contribution is 2.18. The molecule has 0 saturated carbocycles. The summed E-state index contributed by atoms with van der Waals surface area (Å²) in [7, 11) is 0. The third-order valence-electron chi connectivity index (χ3n) is 3.08. The summed E-state index contributed by atoms with van der Waals surface area (Å²) in [5.74, 6) is -0.123. The fraction of sp³-hybridized carbons (Fsp3) is 0.286. The Bertz CT molecular complexity index is 640. The van der Waals surface area contributed by atoms with Crippen LogP contribution >= 0.6 is 0 Å². The van der Waals surface area contributed by atoms with Gasteiger partial charge in [-0.25, -0.2) is 0 Å². The Balaban J connectivity index is 2.09. The van der Waals surface area contributed by atoms with E-state index in [0.717, 1.165) is 5.56 Å². The van der Waals surface area contributed by atoms with E-state index in [1.54, 1.807) is 12.1 Å². The van der Waals surface area contributed by atoms with E-state index in [1.165, 1.54) is 6.07 Å². The first-order valence-corrected chi connectivity index (χ1v) is 6.42. The molecule has 0 fully saturated rings. The largest absolute Gasteiger partial charge is 0.325 e. The summed E-state index contributed by atoms with van der Waals surface area (Å²) in [6.45, 7) is 3.80. The van der Waals surface area contributed by atoms with Crippen molar-refractivity contribution in [2.24, 2.45) is 11.7 Å². The monoisotopic (exact) mass is 274 g/mol. The lowest BCUT2D eigenvalue weighted by Crippen LogP contribution is -2.39. The Kier molecular flexibility index (Phi) is 4.05. The van der Waals surface area contributed by atoms with Crippen LogP contribution in [0.25, 0.3) is 11.3 Å². The molecule has 0 aliphatic rings. The molecule has 0 spiro atoms. The zero-order valence-electron chi connectivity index (χ0n) is 11.4. The standard InChI is InChI=1S/C14H18N4O2/c1-8(2)13(15)14(20)16-10-5-3-9(4-6-10)11-7-12(19)18-17-11/h3-8,13H,15H2,1-2H3,(H,16,20)(H2,17,18,19). The second kappa shape index (κ2) is 5.75. The van der Waals surface area contributed by atoms with Gasteiger partial charge in [-0.15, -0.1) is 0 Å². The number of hydrogen-bond donors (Lipinski definition) is 4. The molecule has 6 heteroatoms. The SMILES string of the molecule is CC(C)C(N)C(=O)Nc1ccc(-c2cc(=O)[nH][nH]2)cc1. The number of hydrogen-bond acceptors (Lipinski definition) is 3. The average molecular weight is 274 g/mol. The highest BCUT2D eigenvalue weighted by Gasteiger charge is 2.17. The van der Waals surface area contributed by atoms with Gasteiger partial charge in [-0.3, -0.25) is 19.8 Å². The average Bonchev–Trinajstić information content (AvgIpc) is 2.85. The molecule has 1 aromatic carbocycles. The van der Waals surface area contributed by atoms with Crippen molar-refractivity contribution in [1.82, 2.24) is 10.2 Å². The molecule has 0 bridgehead atoms. The fourth-order valence-electron chi connectivity index (χ4n) is 1.75. The van der Waals surface area contributed by atoms with Crippen LogP contribution in [0.3, 0.4) is 0 Å². The molecule has 2 rings (SSSR count). The molecule has 5 N–H and O–H groups in total. The summed E-state index contributed by atoms with van der Waals surface area (Å²) < 4.78 is 0. The molecule has 2 aromatic rings. The van der Waals surface area contributed by atoms with Crippen molar-refractivity contribution in [1.29, 1.82) is 0 Å². The van der Waals surface area contributed by atoms with Crippen LogP contribution in [0.15, 0.2) is 35.1 Å². The number of carbonyl (C=O) groups is 1. The normalized spacial score (nSPS) is 12.4. The van der Waals surface area contributed by atoms with Gasteiger partial charge >= 0.3 is 0 Å². The number of aromatic nitrogens is 2. The number of rotatable bonds is 4. The Labute approximate surface area is 116 Å². The minimum Gasteiger partial charge on any atom is -0.325 e. The molecular weight excluding hydrogens is 256 g/mol. The number of nitrogens with one attached hydrogen (secondary N) is 3. The lowest BCUT2D eigenvalue weighted by molar-refractivity contribution is -0.118. The Morgan fingerprint density at radius 3 is 2.35 bits per heavy atom. The first-order chi connectivity index (χ1) is 9.47. The Morgan fingerprint density at radius 1 is 1.20 bits per heavy atom. The van der Waals surface area contributed by atoms with Gasteiger partial charge in [-0.05, 0) is 23.6 Å². The van der Waals surface area contributed by atoms with E-state index in [9.17, 15) is 9.59 Å². The van der Waals surface area contributed by atoms with Gasteiger partial charge in [0.2, 0.25) is 5.91 Å². The summed E-state index contributed by atoms with van der Waals surface area (Å²) in [5, 5.41) is 8.01. The molecule has 0 aliphatic carbocycles. The van der Waals surface area contributed by atoms with Gasteiger partial charge in [0.1, 0.15) is 0 Å². The number of carbonyl (C=O) groups excluding carboxylic acids is 1. The quantitative estimate of drug-likeness (QED) is 0.675. The topological polar surface area (TPSA) is 104 Å². The van der Waals surface area contributed by atoms with E-state index in [0.29, 0.717) is 11.4 Å². The Hall–Kier alpha value is -2.34. The lowest BCUT2D eigenvalue weighted by Gasteiger charge is -2.15. The molecule has 1 amide bonds. The van der Waals surface area contributed by atoms with Crippen LogP contribution in [0, 0.1) is 5.92 Å². The molecule has 0 radical (unpaired) electrons. The summed E-state index contributed by atoms with van der Waals surface area (Å²) in [6, 6.07) is 8.11. The number of benzene rings is 1. The van der Waals surface area contributed by atoms with Crippen molar-refractivity contribution < 1.29 is 4.79 Å². The van der Waals surface area contributed by atoms with Gasteiger partial charge in [0.25, 0.3) is 5.56 Å². The zero-order valence-corrected chi connectivity index (χ0v) is 11.4. The summed E-state index contributed by atoms with van der Waals surface area (Å²) in [5.41, 5.74) is 7.83. The second-order valence-corrected chi connectivity index (χ2v) is 5.01. The van der Waals surface area contributed by atoms with Gasteiger partial charge in [0.05, 0.1) is 11.7 Å². The number of aromatic amines is 2. The minimum atomic E-state index is -0.532. The number of H-pyrrole nitrogens is 2. The van der Waals surface area contributed by atoms with Gasteiger partial charge in [-0.2, -0.15) is 0 Å². The first-order valence-electron chi connectivity index (χ1n) is 6.42. The maximum absolute atomic E-state index is 11.8. The molecule has 106 valence electrons. The maximum Gasteiger partial charge on any atom is 0.264 e. The minimum absolute atomic E-state index is 0.0826. The smallest absolute Gasteiger partial charge is 0.264 e. The maximum atomic E-state index is 11.8. The van der Waals surface area contributed by atoms with Gasteiger partial charge in [-0.1, -0.05) is 26.0 Å². The van der Waals surface area contributed by atoms with E-state index in [1.807, 2.05) is 26.0 Å². The van der Waals surface area contributed by atoms with E-state index in [4.69, 9.17) is 5.73 Å². The predicted molar refractivity (Wildman–Crippen MR) is 78.3 cm³/mol. The molecule has 1 heterocycles. The van der Waals surface area contributed by atoms with Crippen LogP contribution in [-0.4, -0.2) is 22.1 Å². The third-order valence-corrected chi connectivity index (χ3v) is 3.08. The van der Waals surface area contributed by atoms with Crippen LogP contribution in [0.1, 0.15) is 13.8 Å². The highest BCUT2D eigenvalue weighted by atomic mass is 16.2. The third kappa shape index (κ3) is 3.16. The number of amides is 1. The van der Waals surface area contributed by atoms with Crippen molar-refractivity contribution in [3.8, 4) is 11.3 Å². The van der Waals surface area contributed by atoms with Crippen molar-refractivity contribution in [3.63, 3.8) is 0 Å². The molecule has 6 nitrogen and oxygen atoms in total. The summed E-state index contributed by atoms with van der Waals surface area (Å²) in [6.07, 6.45) is 0. The first kappa shape index (κ1) is 14.1. The highest BCUT2D eigenvalue weighted by molar-refractivity contribution is 5.95. The number of nitrogens with two attached hydrogens (primary N) is 1. The predicted octanol–water partition coefficient (Wildman–Crippen LogP) is 1.29. The molecule has 0 saturated heterocycles. The molecular formula is C14H18N4O2. The van der Waals surface area contributed by atoms with Gasteiger partial charge in [0, 0.05) is 11.8 Å². The Morgan fingerprint density at radius 2 is 1.85 bits per heavy atom. The van der Waals surface area contributed by atoms with E-state index < -0.39 is 6.04 Å². The number of anilines is 1. The summed E-state index contributed by atoms with van der Waals surface area (Å²) in [4.78, 5) is 22.9. The van der Waals surface area contributed by atoms with Crippen LogP contribution in [-0.2, 0) is 4.79 Å². The summed E-state index contributed by atoms with van der Waals surface area (Å²) >= 11 is 0. The van der Waals surface area contributed by atoms with Crippen molar-refractivity contribution in [3.05, 3.63) is 40.7 Å². The fourth-order valence-corrected chi connectivity index (χ4v) is 1.75. The molecule has 0 aliphatic heterocycles. The van der Waals surface area contributed by atoms with Crippen LogP contribution < -0.4 is 16.6 Å². The van der Waals surface area contributed by atoms with Gasteiger partial charge in [0.15, 0.2) is 0 Å². The van der Waals surface area contributed by atoms with E-state index in [2.05, 4.69) is 15.5 Å². The van der Waals surface area contributed by atoms with E-state index >= 15 is 0 Å². The lowest BCUT2D eigenvalue weighted by atomic mass is 10.0. The van der Waals surface area contributed by atoms with Crippen LogP contribution in [0.5, 0.6) is 0 Å². The second-order valence-electron chi connectivity index (χ2n) is 5.01. The van der Waals surface area contributed by atoms with Gasteiger partial charge < -0.3 is 11.1 Å². The zero-order chi connectivity index (χ0) is 14.7. The van der Waals surface area contributed by atoms with E-state index in [-0.39, 0.29) is 17.4 Å². The van der Waals surface area contributed by atoms with Crippen LogP contribution in [0.4, 0.5) is 5.69 Å². The molecule has 1 atom stereocenters.